The number of piperazine rings is 1. The van der Waals surface area contributed by atoms with E-state index in [-0.39, 0.29) is 43.3 Å². The van der Waals surface area contributed by atoms with E-state index in [0.717, 1.165) is 29.2 Å². The summed E-state index contributed by atoms with van der Waals surface area (Å²) in [6.45, 7) is 4.08. The lowest BCUT2D eigenvalue weighted by Crippen LogP contribution is -2.66. The van der Waals surface area contributed by atoms with Crippen LogP contribution in [0.25, 0.3) is 10.8 Å². The van der Waals surface area contributed by atoms with Crippen molar-refractivity contribution in [3.63, 3.8) is 0 Å². The molecule has 0 radical (unpaired) electrons. The van der Waals surface area contributed by atoms with E-state index in [9.17, 15) is 23.6 Å². The molecule has 0 spiro atoms. The maximum absolute atomic E-state index is 14.4. The Bertz CT molecular complexity index is 1630. The Balaban J connectivity index is 1.42. The molecule has 2 aliphatic rings. The lowest BCUT2D eigenvalue weighted by Gasteiger charge is -2.44. The second-order valence-electron chi connectivity index (χ2n) is 12.6. The SMILES string of the molecule is CC(C)NC(=O)C(Cc1ccc2ccccc2c1)N1CCN(C(=O)C(Cc2ccc(F)cc2)NC(=O)CC#N)C(CC2CC2)C1=O. The van der Waals surface area contributed by atoms with Crippen LogP contribution < -0.4 is 10.6 Å². The van der Waals surface area contributed by atoms with Crippen LogP contribution in [0.2, 0.25) is 0 Å². The van der Waals surface area contributed by atoms with Crippen LogP contribution in [-0.4, -0.2) is 70.7 Å². The van der Waals surface area contributed by atoms with Gasteiger partial charge in [-0.05, 0) is 60.2 Å². The van der Waals surface area contributed by atoms with Crippen LogP contribution in [0.1, 0.15) is 50.7 Å². The number of halogens is 1. The molecule has 3 aromatic carbocycles. The molecule has 5 rings (SSSR count). The van der Waals surface area contributed by atoms with Crippen molar-refractivity contribution in [3.05, 3.63) is 83.7 Å². The van der Waals surface area contributed by atoms with Gasteiger partial charge in [-0.25, -0.2) is 4.39 Å². The molecule has 2 N–H and O–H groups in total. The number of nitrogens with zero attached hydrogens (tertiary/aromatic N) is 3. The number of hydrogen-bond donors (Lipinski definition) is 2. The number of benzene rings is 3. The molecule has 1 heterocycles. The number of fused-ring (bicyclic) bond motifs is 1. The lowest BCUT2D eigenvalue weighted by molar-refractivity contribution is -0.157. The van der Waals surface area contributed by atoms with Crippen molar-refractivity contribution in [2.45, 2.75) is 76.5 Å². The van der Waals surface area contributed by atoms with Crippen LogP contribution in [0.4, 0.5) is 4.39 Å². The quantitative estimate of drug-likeness (QED) is 0.316. The predicted octanol–water partition coefficient (Wildman–Crippen LogP) is 3.90. The van der Waals surface area contributed by atoms with E-state index in [2.05, 4.69) is 10.6 Å². The molecule has 46 heavy (non-hydrogen) atoms. The van der Waals surface area contributed by atoms with Crippen LogP contribution >= 0.6 is 0 Å². The number of nitrogens with one attached hydrogen (secondary N) is 2. The van der Waals surface area contributed by atoms with Crippen LogP contribution in [0, 0.1) is 23.1 Å². The average Bonchev–Trinajstić information content (AvgIpc) is 3.85. The van der Waals surface area contributed by atoms with Gasteiger partial charge < -0.3 is 20.4 Å². The van der Waals surface area contributed by atoms with Crippen molar-refractivity contribution in [3.8, 4) is 6.07 Å². The maximum atomic E-state index is 14.4. The molecule has 0 aromatic heterocycles. The normalized spacial score (nSPS) is 17.8. The molecular formula is C36H40FN5O4. The summed E-state index contributed by atoms with van der Waals surface area (Å²) < 4.78 is 13.6. The minimum atomic E-state index is -1.05. The summed E-state index contributed by atoms with van der Waals surface area (Å²) in [6, 6.07) is 18.7. The van der Waals surface area contributed by atoms with E-state index in [1.807, 2.05) is 56.3 Å². The molecule has 1 aliphatic carbocycles. The highest BCUT2D eigenvalue weighted by atomic mass is 19.1. The van der Waals surface area contributed by atoms with Gasteiger partial charge in [0, 0.05) is 32.0 Å². The van der Waals surface area contributed by atoms with Gasteiger partial charge in [-0.1, -0.05) is 67.4 Å². The Kier molecular flexibility index (Phi) is 10.3. The molecule has 1 saturated carbocycles. The standard InChI is InChI=1S/C36H40FN5O4/c1-23(2)39-34(44)31(22-26-9-12-27-5-3-4-6-28(27)19-26)41-17-18-42(32(36(41)46)21-25-7-8-25)35(45)30(40-33(43)15-16-38)20-24-10-13-29(37)14-11-24/h3-6,9-14,19,23,25,30-32H,7-8,15,17-18,20-22H2,1-2H3,(H,39,44)(H,40,43). The number of carbonyl (C=O) groups is 4. The smallest absolute Gasteiger partial charge is 0.246 e. The maximum Gasteiger partial charge on any atom is 0.246 e. The summed E-state index contributed by atoms with van der Waals surface area (Å²) in [6.07, 6.45) is 2.34. The zero-order valence-electron chi connectivity index (χ0n) is 26.2. The van der Waals surface area contributed by atoms with Gasteiger partial charge in [0.25, 0.3) is 0 Å². The summed E-state index contributed by atoms with van der Waals surface area (Å²) in [5.41, 5.74) is 1.55. The molecule has 1 saturated heterocycles. The third kappa shape index (κ3) is 8.08. The third-order valence-corrected chi connectivity index (χ3v) is 8.64. The summed E-state index contributed by atoms with van der Waals surface area (Å²) in [5.74, 6) is -1.72. The summed E-state index contributed by atoms with van der Waals surface area (Å²) in [7, 11) is 0. The molecule has 240 valence electrons. The summed E-state index contributed by atoms with van der Waals surface area (Å²) in [5, 5.41) is 16.8. The fraction of sp³-hybridized carbons (Fsp3) is 0.417. The van der Waals surface area contributed by atoms with Gasteiger partial charge in [-0.2, -0.15) is 5.26 Å². The topological polar surface area (TPSA) is 123 Å². The first-order chi connectivity index (χ1) is 22.1. The van der Waals surface area contributed by atoms with E-state index in [1.54, 1.807) is 23.1 Å². The Morgan fingerprint density at radius 1 is 0.935 bits per heavy atom. The van der Waals surface area contributed by atoms with Crippen LogP contribution in [-0.2, 0) is 32.0 Å². The highest BCUT2D eigenvalue weighted by Crippen LogP contribution is 2.36. The third-order valence-electron chi connectivity index (χ3n) is 8.64. The number of hydrogen-bond acceptors (Lipinski definition) is 5. The van der Waals surface area contributed by atoms with E-state index in [1.165, 1.54) is 17.0 Å². The molecule has 0 bridgehead atoms. The van der Waals surface area contributed by atoms with Crippen molar-refractivity contribution in [1.82, 2.24) is 20.4 Å². The van der Waals surface area contributed by atoms with Gasteiger partial charge in [-0.3, -0.25) is 19.2 Å². The Hall–Kier alpha value is -4.78. The number of amides is 4. The largest absolute Gasteiger partial charge is 0.352 e. The molecule has 1 aliphatic heterocycles. The van der Waals surface area contributed by atoms with Crippen molar-refractivity contribution in [1.29, 1.82) is 5.26 Å². The van der Waals surface area contributed by atoms with Gasteiger partial charge in [0.15, 0.2) is 0 Å². The van der Waals surface area contributed by atoms with Crippen molar-refractivity contribution >= 4 is 34.4 Å². The predicted molar refractivity (Wildman–Crippen MR) is 172 cm³/mol. The van der Waals surface area contributed by atoms with E-state index >= 15 is 0 Å². The summed E-state index contributed by atoms with van der Waals surface area (Å²) >= 11 is 0. The van der Waals surface area contributed by atoms with E-state index < -0.39 is 42.2 Å². The van der Waals surface area contributed by atoms with Crippen LogP contribution in [0.5, 0.6) is 0 Å². The van der Waals surface area contributed by atoms with Gasteiger partial charge >= 0.3 is 0 Å². The number of carbonyl (C=O) groups excluding carboxylic acids is 4. The Labute approximate surface area is 268 Å². The van der Waals surface area contributed by atoms with Crippen LogP contribution in [0.15, 0.2) is 66.7 Å². The zero-order valence-corrected chi connectivity index (χ0v) is 26.2. The van der Waals surface area contributed by atoms with Gasteiger partial charge in [0.2, 0.25) is 23.6 Å². The highest BCUT2D eigenvalue weighted by molar-refractivity contribution is 5.96. The first-order valence-corrected chi connectivity index (χ1v) is 15.9. The molecule has 9 nitrogen and oxygen atoms in total. The molecule has 3 atom stereocenters. The second kappa shape index (κ2) is 14.5. The second-order valence-corrected chi connectivity index (χ2v) is 12.6. The highest BCUT2D eigenvalue weighted by Gasteiger charge is 2.45. The fourth-order valence-corrected chi connectivity index (χ4v) is 6.16. The fourth-order valence-electron chi connectivity index (χ4n) is 6.16. The molecule has 2 fully saturated rings. The van der Waals surface area contributed by atoms with Gasteiger partial charge in [-0.15, -0.1) is 0 Å². The molecular weight excluding hydrogens is 585 g/mol. The zero-order chi connectivity index (χ0) is 32.8. The van der Waals surface area contributed by atoms with Crippen molar-refractivity contribution in [2.24, 2.45) is 5.92 Å². The average molecular weight is 626 g/mol. The Morgan fingerprint density at radius 3 is 2.30 bits per heavy atom. The Morgan fingerprint density at radius 2 is 1.63 bits per heavy atom. The monoisotopic (exact) mass is 625 g/mol. The first-order valence-electron chi connectivity index (χ1n) is 15.9. The van der Waals surface area contributed by atoms with E-state index in [0.29, 0.717) is 18.4 Å². The molecule has 3 aromatic rings. The van der Waals surface area contributed by atoms with Gasteiger partial charge in [0.05, 0.1) is 6.07 Å². The van der Waals surface area contributed by atoms with Crippen LogP contribution in [0.3, 0.4) is 0 Å². The van der Waals surface area contributed by atoms with Crippen molar-refractivity contribution < 1.29 is 23.6 Å². The van der Waals surface area contributed by atoms with Crippen molar-refractivity contribution in [2.75, 3.05) is 13.1 Å². The minimum Gasteiger partial charge on any atom is -0.352 e. The molecule has 4 amide bonds. The minimum absolute atomic E-state index is 0.0716. The number of nitriles is 1. The number of rotatable bonds is 12. The summed E-state index contributed by atoms with van der Waals surface area (Å²) in [4.78, 5) is 57.8. The first kappa shape index (κ1) is 32.6. The molecule has 3 unspecified atom stereocenters. The van der Waals surface area contributed by atoms with E-state index in [4.69, 9.17) is 5.26 Å². The molecule has 10 heteroatoms. The lowest BCUT2D eigenvalue weighted by atomic mass is 9.96. The van der Waals surface area contributed by atoms with Gasteiger partial charge in [0.1, 0.15) is 30.4 Å².